The zero-order valence-corrected chi connectivity index (χ0v) is 12.0. The lowest BCUT2D eigenvalue weighted by Crippen LogP contribution is -2.19. The third-order valence-electron chi connectivity index (χ3n) is 3.97. The van der Waals surface area contributed by atoms with Crippen molar-refractivity contribution in [3.8, 4) is 0 Å². The molecule has 1 aliphatic rings. The van der Waals surface area contributed by atoms with Crippen LogP contribution in [0.3, 0.4) is 0 Å². The summed E-state index contributed by atoms with van der Waals surface area (Å²) in [6, 6.07) is 10.3. The van der Waals surface area contributed by atoms with Gasteiger partial charge in [0.1, 0.15) is 5.56 Å². The highest BCUT2D eigenvalue weighted by atomic mass is 16.4. The molecule has 0 amide bonds. The third kappa shape index (κ3) is 2.75. The number of rotatable bonds is 3. The number of carbonyl (C=O) groups is 1. The summed E-state index contributed by atoms with van der Waals surface area (Å²) in [5.74, 6) is -0.950. The number of hydrogen-bond donors (Lipinski definition) is 2. The first-order valence-electron chi connectivity index (χ1n) is 7.19. The fourth-order valence-corrected chi connectivity index (χ4v) is 2.94. The van der Waals surface area contributed by atoms with E-state index in [2.05, 4.69) is 28.5 Å². The van der Waals surface area contributed by atoms with Gasteiger partial charge in [0.15, 0.2) is 0 Å². The van der Waals surface area contributed by atoms with Crippen molar-refractivity contribution < 1.29 is 9.90 Å². The number of nitrogens with one attached hydrogen (secondary N) is 1. The summed E-state index contributed by atoms with van der Waals surface area (Å²) >= 11 is 0. The van der Waals surface area contributed by atoms with Gasteiger partial charge in [-0.1, -0.05) is 24.3 Å². The molecule has 108 valence electrons. The van der Waals surface area contributed by atoms with E-state index in [-0.39, 0.29) is 11.6 Å². The van der Waals surface area contributed by atoms with E-state index in [1.54, 1.807) is 6.07 Å². The van der Waals surface area contributed by atoms with E-state index in [1.807, 2.05) is 13.0 Å². The molecule has 0 bridgehead atoms. The Balaban J connectivity index is 1.95. The molecule has 2 N–H and O–H groups in total. The first-order chi connectivity index (χ1) is 10.1. The summed E-state index contributed by atoms with van der Waals surface area (Å²) in [6.45, 7) is 1.87. The van der Waals surface area contributed by atoms with Crippen molar-refractivity contribution in [1.82, 2.24) is 4.98 Å². The molecular formula is C17H18N2O2. The Morgan fingerprint density at radius 2 is 2.19 bits per heavy atom. The maximum absolute atomic E-state index is 11.3. The zero-order valence-electron chi connectivity index (χ0n) is 12.0. The molecule has 3 rings (SSSR count). The van der Waals surface area contributed by atoms with Gasteiger partial charge in [0.2, 0.25) is 0 Å². The van der Waals surface area contributed by atoms with Crippen LogP contribution in [-0.2, 0) is 6.42 Å². The molecule has 0 radical (unpaired) electrons. The van der Waals surface area contributed by atoms with E-state index < -0.39 is 5.97 Å². The fraction of sp³-hybridized carbons (Fsp3) is 0.294. The molecule has 0 saturated heterocycles. The number of hydrogen-bond acceptors (Lipinski definition) is 3. The summed E-state index contributed by atoms with van der Waals surface area (Å²) < 4.78 is 0. The smallest absolute Gasteiger partial charge is 0.339 e. The second-order valence-electron chi connectivity index (χ2n) is 5.46. The lowest BCUT2D eigenvalue weighted by molar-refractivity contribution is 0.0697. The predicted octanol–water partition coefficient (Wildman–Crippen LogP) is 3.58. The van der Waals surface area contributed by atoms with Gasteiger partial charge in [0.25, 0.3) is 0 Å². The summed E-state index contributed by atoms with van der Waals surface area (Å²) in [4.78, 5) is 15.4. The Morgan fingerprint density at radius 1 is 1.38 bits per heavy atom. The minimum atomic E-state index is -0.950. The number of carboxylic acid groups (broad SMARTS) is 1. The highest BCUT2D eigenvalue weighted by Gasteiger charge is 2.21. The third-order valence-corrected chi connectivity index (χ3v) is 3.97. The molecule has 4 heteroatoms. The monoisotopic (exact) mass is 282 g/mol. The molecule has 0 aliphatic heterocycles. The molecule has 0 fully saturated rings. The number of carboxylic acids is 1. The first kappa shape index (κ1) is 13.6. The largest absolute Gasteiger partial charge is 0.478 e. The number of nitrogens with zero attached hydrogens (tertiary/aromatic N) is 1. The average Bonchev–Trinajstić information content (AvgIpc) is 2.47. The Kier molecular flexibility index (Phi) is 3.60. The van der Waals surface area contributed by atoms with Crippen molar-refractivity contribution in [2.24, 2.45) is 0 Å². The Morgan fingerprint density at radius 3 is 3.00 bits per heavy atom. The summed E-state index contributed by atoms with van der Waals surface area (Å²) in [5, 5.41) is 12.7. The van der Waals surface area contributed by atoms with Crippen LogP contribution in [0.25, 0.3) is 0 Å². The van der Waals surface area contributed by atoms with Crippen LogP contribution in [0.4, 0.5) is 5.69 Å². The maximum atomic E-state index is 11.3. The molecule has 0 saturated carbocycles. The van der Waals surface area contributed by atoms with Crippen LogP contribution >= 0.6 is 0 Å². The Labute approximate surface area is 123 Å². The lowest BCUT2D eigenvalue weighted by atomic mass is 9.87. The van der Waals surface area contributed by atoms with Crippen LogP contribution in [0.5, 0.6) is 0 Å². The Bertz CT molecular complexity index is 682. The topological polar surface area (TPSA) is 62.2 Å². The normalized spacial score (nSPS) is 17.1. The van der Waals surface area contributed by atoms with Crippen LogP contribution in [0.2, 0.25) is 0 Å². The Hall–Kier alpha value is -2.36. The van der Waals surface area contributed by atoms with Crippen LogP contribution in [-0.4, -0.2) is 16.1 Å². The van der Waals surface area contributed by atoms with E-state index in [0.717, 1.165) is 25.0 Å². The quantitative estimate of drug-likeness (QED) is 0.903. The van der Waals surface area contributed by atoms with Gasteiger partial charge in [-0.15, -0.1) is 0 Å². The molecule has 1 unspecified atom stereocenters. The highest BCUT2D eigenvalue weighted by molar-refractivity contribution is 5.94. The fourth-order valence-electron chi connectivity index (χ4n) is 2.94. The van der Waals surface area contributed by atoms with Crippen molar-refractivity contribution >= 4 is 11.7 Å². The van der Waals surface area contributed by atoms with Crippen LogP contribution < -0.4 is 5.32 Å². The van der Waals surface area contributed by atoms with Gasteiger partial charge in [-0.3, -0.25) is 4.98 Å². The summed E-state index contributed by atoms with van der Waals surface area (Å²) in [7, 11) is 0. The second kappa shape index (κ2) is 5.56. The zero-order chi connectivity index (χ0) is 14.8. The van der Waals surface area contributed by atoms with Crippen molar-refractivity contribution in [2.45, 2.75) is 32.2 Å². The van der Waals surface area contributed by atoms with Crippen molar-refractivity contribution in [2.75, 3.05) is 5.32 Å². The average molecular weight is 282 g/mol. The minimum absolute atomic E-state index is 0.162. The minimum Gasteiger partial charge on any atom is -0.478 e. The number of aryl methyl sites for hydroxylation is 2. The van der Waals surface area contributed by atoms with Crippen molar-refractivity contribution in [1.29, 1.82) is 0 Å². The molecule has 1 heterocycles. The van der Waals surface area contributed by atoms with E-state index in [1.165, 1.54) is 17.3 Å². The molecule has 2 aromatic rings. The first-order valence-corrected chi connectivity index (χ1v) is 7.19. The van der Waals surface area contributed by atoms with Crippen LogP contribution in [0, 0.1) is 6.92 Å². The standard InChI is InChI=1S/C17H18N2O2/c1-11-9-16(14(10-18-11)17(20)21)19-15-8-4-6-12-5-2-3-7-13(12)15/h2-3,5,7,9-10,15H,4,6,8H2,1H3,(H,18,19)(H,20,21). The molecule has 1 aromatic carbocycles. The number of pyridine rings is 1. The van der Waals surface area contributed by atoms with E-state index in [4.69, 9.17) is 0 Å². The molecule has 21 heavy (non-hydrogen) atoms. The molecule has 0 spiro atoms. The highest BCUT2D eigenvalue weighted by Crippen LogP contribution is 2.33. The van der Waals surface area contributed by atoms with E-state index >= 15 is 0 Å². The SMILES string of the molecule is Cc1cc(NC2CCCc3ccccc32)c(C(=O)O)cn1. The van der Waals surface area contributed by atoms with Gasteiger partial charge >= 0.3 is 5.97 Å². The van der Waals surface area contributed by atoms with Crippen LogP contribution in [0.1, 0.15) is 46.1 Å². The van der Waals surface area contributed by atoms with E-state index in [0.29, 0.717) is 5.69 Å². The van der Waals surface area contributed by atoms with Crippen LogP contribution in [0.15, 0.2) is 36.5 Å². The predicted molar refractivity (Wildman–Crippen MR) is 81.7 cm³/mol. The molecule has 1 aliphatic carbocycles. The molecule has 1 atom stereocenters. The number of fused-ring (bicyclic) bond motifs is 1. The van der Waals surface area contributed by atoms with Gasteiger partial charge in [0, 0.05) is 11.9 Å². The number of aromatic nitrogens is 1. The molecule has 1 aromatic heterocycles. The van der Waals surface area contributed by atoms with Crippen molar-refractivity contribution in [3.63, 3.8) is 0 Å². The van der Waals surface area contributed by atoms with Gasteiger partial charge in [0.05, 0.1) is 11.7 Å². The number of aromatic carboxylic acids is 1. The summed E-state index contributed by atoms with van der Waals surface area (Å²) in [5.41, 5.74) is 4.31. The van der Waals surface area contributed by atoms with Gasteiger partial charge in [-0.25, -0.2) is 4.79 Å². The van der Waals surface area contributed by atoms with Crippen molar-refractivity contribution in [3.05, 3.63) is 58.9 Å². The molecule has 4 nitrogen and oxygen atoms in total. The summed E-state index contributed by atoms with van der Waals surface area (Å²) in [6.07, 6.45) is 4.64. The van der Waals surface area contributed by atoms with Gasteiger partial charge in [-0.2, -0.15) is 0 Å². The van der Waals surface area contributed by atoms with Gasteiger partial charge < -0.3 is 10.4 Å². The number of benzene rings is 1. The molecular weight excluding hydrogens is 264 g/mol. The maximum Gasteiger partial charge on any atom is 0.339 e. The number of anilines is 1. The lowest BCUT2D eigenvalue weighted by Gasteiger charge is -2.27. The van der Waals surface area contributed by atoms with E-state index in [9.17, 15) is 9.90 Å². The van der Waals surface area contributed by atoms with Gasteiger partial charge in [-0.05, 0) is 43.4 Å². The second-order valence-corrected chi connectivity index (χ2v) is 5.46.